The number of hydrogen-bond acceptors (Lipinski definition) is 0. The first-order valence-corrected chi connectivity index (χ1v) is 0. The summed E-state index contributed by atoms with van der Waals surface area (Å²) >= 11 is 0. The van der Waals surface area contributed by atoms with Gasteiger partial charge in [0, 0.05) is 1640 Å². The summed E-state index contributed by atoms with van der Waals surface area (Å²) in [5.41, 5.74) is 0. The van der Waals surface area contributed by atoms with Crippen LogP contribution in [0.25, 0.3) is 0 Å². The van der Waals surface area contributed by atoms with Crippen LogP contribution in [0.3, 0.4) is 0 Å². The summed E-state index contributed by atoms with van der Waals surface area (Å²) in [4.78, 5) is 0. The van der Waals surface area contributed by atoms with Crippen molar-refractivity contribution in [3.63, 3.8) is 0 Å². The van der Waals surface area contributed by atoms with Crippen molar-refractivity contribution in [2.75, 3.05) is 0 Å². The second kappa shape index (κ2) is 364. The Morgan fingerprint density at radius 2 is 0.0200 bits per heavy atom. The van der Waals surface area contributed by atoms with Crippen molar-refractivity contribution in [3.8, 4) is 0 Å². The van der Waals surface area contributed by atoms with Crippen LogP contribution in [0.2, 0.25) is 0 Å². The van der Waals surface area contributed by atoms with Gasteiger partial charge in [-0.25, -0.2) is 0 Å². The molecule has 0 amide bonds. The third kappa shape index (κ3) is 354. The molecule has 0 aliphatic carbocycles. The average molecular weight is 4450 g/mol. The Bertz CT molecular complexity index is 0. The maximum absolute atomic E-state index is 0. The molecule has 150 valence electrons. The molecule has 0 atom stereocenters. The molecule has 0 saturated carbocycles. The van der Waals surface area contributed by atoms with E-state index in [1.54, 1.807) is 0 Å². The fraction of sp³-hybridized carbons (Fsp3) is 0. The summed E-state index contributed by atoms with van der Waals surface area (Å²) in [6.45, 7) is 0. The monoisotopic (exact) mass is 4450 g/mol. The van der Waals surface area contributed by atoms with Crippen molar-refractivity contribution >= 4 is 0 Å². The molecule has 0 rings (SSSR count). The Balaban J connectivity index is 0. The molecule has 50 heavy (non-hydrogen) atoms. The van der Waals surface area contributed by atoms with Gasteiger partial charge in [0.05, 0.1) is 0 Å². The van der Waals surface area contributed by atoms with Crippen molar-refractivity contribution in [1.82, 2.24) is 0 Å². The van der Waals surface area contributed by atoms with E-state index in [4.69, 9.17) is 0 Å². The minimum atomic E-state index is 0. The Labute approximate surface area is 1570 Å². The van der Waals surface area contributed by atoms with Crippen LogP contribution in [0.4, 0.5) is 0 Å². The van der Waals surface area contributed by atoms with Crippen molar-refractivity contribution < 1.29 is 1640 Å². The molecular formula is Y50. The first-order valence-electron chi connectivity index (χ1n) is 0. The summed E-state index contributed by atoms with van der Waals surface area (Å²) in [7, 11) is 0. The number of hydrogen-bond donors (Lipinski definition) is 0. The SMILES string of the molecule is [Y].[Y].[Y].[Y].[Y].[Y].[Y].[Y].[Y].[Y].[Y].[Y].[Y].[Y].[Y].[Y].[Y].[Y].[Y].[Y].[Y].[Y].[Y].[Y].[Y].[Y].[Y].[Y].[Y].[Y].[Y].[Y].[Y].[Y].[Y].[Y].[Y].[Y].[Y].[Y].[Y].[Y].[Y].[Y].[Y].[Y].[Y].[Y].[Y].[Y]. The van der Waals surface area contributed by atoms with Crippen LogP contribution < -0.4 is 0 Å². The fourth-order valence-corrected chi connectivity index (χ4v) is 0. The molecule has 0 aliphatic heterocycles. The first kappa shape index (κ1) is 375. The normalized spacial score (nSPS) is 0. The van der Waals surface area contributed by atoms with E-state index in [0.29, 0.717) is 0 Å². The Morgan fingerprint density at radius 1 is 0.0200 bits per heavy atom. The van der Waals surface area contributed by atoms with Gasteiger partial charge >= 0.3 is 0 Å². The zero-order valence-corrected chi connectivity index (χ0v) is 171. The van der Waals surface area contributed by atoms with E-state index in [2.05, 4.69) is 0 Å². The maximum atomic E-state index is 0. The number of rotatable bonds is 0. The third-order valence-corrected chi connectivity index (χ3v) is 0. The second-order valence-corrected chi connectivity index (χ2v) is 0. The molecule has 0 fully saturated rings. The van der Waals surface area contributed by atoms with Crippen LogP contribution in [0.15, 0.2) is 0 Å². The molecule has 0 nitrogen and oxygen atoms in total. The van der Waals surface area contributed by atoms with E-state index in [0.717, 1.165) is 0 Å². The molecule has 0 unspecified atom stereocenters. The minimum absolute atomic E-state index is 0. The van der Waals surface area contributed by atoms with Crippen molar-refractivity contribution in [2.24, 2.45) is 0 Å². The van der Waals surface area contributed by atoms with E-state index in [9.17, 15) is 0 Å². The van der Waals surface area contributed by atoms with Crippen molar-refractivity contribution in [3.05, 3.63) is 0 Å². The van der Waals surface area contributed by atoms with Crippen molar-refractivity contribution in [1.29, 1.82) is 0 Å². The largest absolute Gasteiger partial charge is 0 e. The van der Waals surface area contributed by atoms with E-state index in [1.165, 1.54) is 0 Å². The Kier molecular flexibility index (Phi) is 2730. The van der Waals surface area contributed by atoms with Gasteiger partial charge < -0.3 is 0 Å². The first-order chi connectivity index (χ1) is 0. The smallest absolute Gasteiger partial charge is 0 e. The van der Waals surface area contributed by atoms with E-state index >= 15 is 0 Å². The van der Waals surface area contributed by atoms with Gasteiger partial charge in [-0.15, -0.1) is 0 Å². The van der Waals surface area contributed by atoms with Gasteiger partial charge in [-0.3, -0.25) is 0 Å². The van der Waals surface area contributed by atoms with Gasteiger partial charge in [-0.1, -0.05) is 0 Å². The Hall–Kier alpha value is 55.2. The summed E-state index contributed by atoms with van der Waals surface area (Å²) in [6.07, 6.45) is 0. The topological polar surface area (TPSA) is 0 Å². The van der Waals surface area contributed by atoms with Crippen molar-refractivity contribution in [2.45, 2.75) is 0 Å². The molecule has 0 bridgehead atoms. The summed E-state index contributed by atoms with van der Waals surface area (Å²) in [5.74, 6) is 0. The summed E-state index contributed by atoms with van der Waals surface area (Å²) < 4.78 is 0. The van der Waals surface area contributed by atoms with Gasteiger partial charge in [-0.05, 0) is 0 Å². The predicted molar refractivity (Wildman–Crippen MR) is 0 cm³/mol. The predicted octanol–water partition coefficient (Wildman–Crippen LogP) is -0.125. The van der Waals surface area contributed by atoms with Crippen LogP contribution in [0.5, 0.6) is 0 Å². The Morgan fingerprint density at radius 3 is 0.0200 bits per heavy atom. The molecule has 50 radical (unpaired) electrons. The third-order valence-electron chi connectivity index (χ3n) is 0. The molecule has 0 heterocycles. The second-order valence-electron chi connectivity index (χ2n) is 0. The van der Waals surface area contributed by atoms with Crippen LogP contribution >= 0.6 is 0 Å². The molecule has 50 heteroatoms. The molecule has 0 aromatic rings. The van der Waals surface area contributed by atoms with Gasteiger partial charge in [0.2, 0.25) is 0 Å². The van der Waals surface area contributed by atoms with Crippen LogP contribution in [-0.2, 0) is 1640 Å². The van der Waals surface area contributed by atoms with Crippen LogP contribution in [0.1, 0.15) is 0 Å². The van der Waals surface area contributed by atoms with Gasteiger partial charge in [0.25, 0.3) is 0 Å². The van der Waals surface area contributed by atoms with Gasteiger partial charge in [0.1, 0.15) is 0 Å². The molecule has 0 aromatic carbocycles. The summed E-state index contributed by atoms with van der Waals surface area (Å²) in [5, 5.41) is 0. The minimum Gasteiger partial charge on any atom is 0 e. The van der Waals surface area contributed by atoms with E-state index in [1.807, 2.05) is 0 Å². The fourth-order valence-electron chi connectivity index (χ4n) is 0. The summed E-state index contributed by atoms with van der Waals surface area (Å²) in [6, 6.07) is 0. The van der Waals surface area contributed by atoms with E-state index < -0.39 is 0 Å². The molecule has 0 spiro atoms. The standard InChI is InChI=1S/50Y. The van der Waals surface area contributed by atoms with Crippen LogP contribution in [0, 0.1) is 0 Å². The molecular weight excluding hydrogens is 4450 g/mol. The van der Waals surface area contributed by atoms with Gasteiger partial charge in [-0.2, -0.15) is 0 Å². The average Bonchev–Trinajstić information content (AvgIpc) is 0. The molecule has 0 aromatic heterocycles. The van der Waals surface area contributed by atoms with Crippen LogP contribution in [-0.4, -0.2) is 0 Å². The zero-order chi connectivity index (χ0) is 0. The quantitative estimate of drug-likeness (QED) is 0.318. The van der Waals surface area contributed by atoms with Gasteiger partial charge in [0.15, 0.2) is 0 Å². The molecule has 0 N–H and O–H groups in total. The maximum Gasteiger partial charge on any atom is 0 e. The molecule has 0 aliphatic rings. The van der Waals surface area contributed by atoms with E-state index in [-0.39, 0.29) is 1640 Å². The molecule has 0 saturated heterocycles. The zero-order valence-electron chi connectivity index (χ0n) is 28.9.